The van der Waals surface area contributed by atoms with Crippen LogP contribution >= 0.6 is 0 Å². The van der Waals surface area contributed by atoms with Crippen molar-refractivity contribution >= 4 is 0 Å². The van der Waals surface area contributed by atoms with Crippen LogP contribution in [0.5, 0.6) is 0 Å². The first-order chi connectivity index (χ1) is 8.27. The zero-order chi connectivity index (χ0) is 12.5. The maximum Gasteiger partial charge on any atom is 0.138 e. The fraction of sp³-hybridized carbons (Fsp3) is 0.846. The van der Waals surface area contributed by atoms with Crippen molar-refractivity contribution in [2.24, 2.45) is 0 Å². The molecule has 0 radical (unpaired) electrons. The number of unbranched alkanes of at least 4 members (excludes halogenated alkanes) is 4. The molecule has 0 spiro atoms. The van der Waals surface area contributed by atoms with Gasteiger partial charge in [0.1, 0.15) is 12.2 Å². The summed E-state index contributed by atoms with van der Waals surface area (Å²) in [6, 6.07) is 0. The quantitative estimate of drug-likeness (QED) is 0.674. The molecule has 0 aromatic carbocycles. The van der Waals surface area contributed by atoms with E-state index < -0.39 is 0 Å². The van der Waals surface area contributed by atoms with Crippen LogP contribution in [-0.2, 0) is 13.0 Å². The van der Waals surface area contributed by atoms with E-state index in [1.807, 2.05) is 11.6 Å². The molecule has 1 unspecified atom stereocenters. The normalized spacial score (nSPS) is 12.9. The van der Waals surface area contributed by atoms with Gasteiger partial charge in [0.2, 0.25) is 0 Å². The molecule has 0 amide bonds. The van der Waals surface area contributed by atoms with Gasteiger partial charge in [0.05, 0.1) is 6.10 Å². The summed E-state index contributed by atoms with van der Waals surface area (Å²) in [6.07, 6.45) is 8.99. The lowest BCUT2D eigenvalue weighted by Crippen LogP contribution is -2.15. The first-order valence-corrected chi connectivity index (χ1v) is 6.82. The molecule has 4 heteroatoms. The number of nitrogens with zero attached hydrogens (tertiary/aromatic N) is 3. The zero-order valence-corrected chi connectivity index (χ0v) is 11.1. The molecule has 0 aliphatic heterocycles. The summed E-state index contributed by atoms with van der Waals surface area (Å²) in [5.41, 5.74) is 0. The Kier molecular flexibility index (Phi) is 6.86. The molecule has 0 aliphatic rings. The van der Waals surface area contributed by atoms with Gasteiger partial charge < -0.3 is 5.11 Å². The molecule has 0 saturated carbocycles. The number of rotatable bonds is 9. The van der Waals surface area contributed by atoms with E-state index in [2.05, 4.69) is 17.0 Å². The Labute approximate surface area is 104 Å². The maximum absolute atomic E-state index is 9.92. The third kappa shape index (κ3) is 5.31. The number of aliphatic hydroxyl groups excluding tert-OH is 1. The topological polar surface area (TPSA) is 50.9 Å². The van der Waals surface area contributed by atoms with Crippen LogP contribution in [0.15, 0.2) is 6.33 Å². The van der Waals surface area contributed by atoms with Gasteiger partial charge >= 0.3 is 0 Å². The minimum absolute atomic E-state index is 0.272. The number of hydrogen-bond acceptors (Lipinski definition) is 3. The van der Waals surface area contributed by atoms with E-state index in [-0.39, 0.29) is 6.10 Å². The highest BCUT2D eigenvalue weighted by Crippen LogP contribution is 2.10. The van der Waals surface area contributed by atoms with Crippen LogP contribution in [0, 0.1) is 0 Å². The van der Waals surface area contributed by atoms with Gasteiger partial charge in [0.25, 0.3) is 0 Å². The molecule has 1 N–H and O–H groups in total. The van der Waals surface area contributed by atoms with E-state index in [0.717, 1.165) is 25.2 Å². The molecule has 4 nitrogen and oxygen atoms in total. The molecule has 17 heavy (non-hydrogen) atoms. The Bertz CT molecular complexity index is 299. The molecule has 0 fully saturated rings. The average molecular weight is 239 g/mol. The lowest BCUT2D eigenvalue weighted by atomic mass is 10.1. The van der Waals surface area contributed by atoms with E-state index in [0.29, 0.717) is 6.42 Å². The summed E-state index contributed by atoms with van der Waals surface area (Å²) in [5.74, 6) is 0.897. The van der Waals surface area contributed by atoms with Gasteiger partial charge in [0.15, 0.2) is 0 Å². The number of aryl methyl sites for hydroxylation is 1. The largest absolute Gasteiger partial charge is 0.393 e. The van der Waals surface area contributed by atoms with E-state index in [9.17, 15) is 5.11 Å². The molecular weight excluding hydrogens is 214 g/mol. The van der Waals surface area contributed by atoms with Gasteiger partial charge in [-0.25, -0.2) is 4.98 Å². The molecule has 1 atom stereocenters. The van der Waals surface area contributed by atoms with Gasteiger partial charge in [-0.3, -0.25) is 4.68 Å². The summed E-state index contributed by atoms with van der Waals surface area (Å²) in [7, 11) is 0. The highest BCUT2D eigenvalue weighted by atomic mass is 16.3. The van der Waals surface area contributed by atoms with Crippen molar-refractivity contribution in [3.05, 3.63) is 12.2 Å². The zero-order valence-electron chi connectivity index (χ0n) is 11.1. The third-order valence-corrected chi connectivity index (χ3v) is 3.05. The van der Waals surface area contributed by atoms with Crippen molar-refractivity contribution in [1.82, 2.24) is 14.8 Å². The van der Waals surface area contributed by atoms with Crippen molar-refractivity contribution in [3.63, 3.8) is 0 Å². The minimum Gasteiger partial charge on any atom is -0.393 e. The van der Waals surface area contributed by atoms with Crippen molar-refractivity contribution in [2.45, 2.75) is 71.4 Å². The molecule has 0 aliphatic carbocycles. The predicted molar refractivity (Wildman–Crippen MR) is 68.8 cm³/mol. The fourth-order valence-electron chi connectivity index (χ4n) is 2.01. The standard InChI is InChI=1S/C13H25N3O/c1-3-5-6-7-8-9-12(17)10-13-14-11-15-16(13)4-2/h11-12,17H,3-10H2,1-2H3. The Balaban J connectivity index is 2.18. The van der Waals surface area contributed by atoms with Gasteiger partial charge in [-0.1, -0.05) is 39.0 Å². The second-order valence-electron chi connectivity index (χ2n) is 4.55. The van der Waals surface area contributed by atoms with Crippen molar-refractivity contribution in [3.8, 4) is 0 Å². The second kappa shape index (κ2) is 8.23. The first-order valence-electron chi connectivity index (χ1n) is 6.82. The van der Waals surface area contributed by atoms with E-state index >= 15 is 0 Å². The molecule has 1 aromatic heterocycles. The van der Waals surface area contributed by atoms with Crippen molar-refractivity contribution < 1.29 is 5.11 Å². The van der Waals surface area contributed by atoms with E-state index in [1.54, 1.807) is 6.33 Å². The molecule has 0 saturated heterocycles. The Morgan fingerprint density at radius 3 is 2.71 bits per heavy atom. The van der Waals surface area contributed by atoms with Crippen LogP contribution < -0.4 is 0 Å². The summed E-state index contributed by atoms with van der Waals surface area (Å²) in [4.78, 5) is 4.18. The van der Waals surface area contributed by atoms with Crippen LogP contribution in [0.1, 0.15) is 58.2 Å². The van der Waals surface area contributed by atoms with Gasteiger partial charge in [-0.2, -0.15) is 5.10 Å². The Hall–Kier alpha value is -0.900. The summed E-state index contributed by atoms with van der Waals surface area (Å²) < 4.78 is 1.85. The maximum atomic E-state index is 9.92. The van der Waals surface area contributed by atoms with Crippen molar-refractivity contribution in [1.29, 1.82) is 0 Å². The first kappa shape index (κ1) is 14.2. The third-order valence-electron chi connectivity index (χ3n) is 3.05. The summed E-state index contributed by atoms with van der Waals surface area (Å²) in [6.45, 7) is 5.07. The number of aromatic nitrogens is 3. The van der Waals surface area contributed by atoms with Crippen LogP contribution in [0.25, 0.3) is 0 Å². The molecule has 1 heterocycles. The molecular formula is C13H25N3O. The lowest BCUT2D eigenvalue weighted by Gasteiger charge is -2.10. The van der Waals surface area contributed by atoms with Crippen LogP contribution in [0.2, 0.25) is 0 Å². The fourth-order valence-corrected chi connectivity index (χ4v) is 2.01. The average Bonchev–Trinajstić information content (AvgIpc) is 2.76. The molecule has 98 valence electrons. The monoisotopic (exact) mass is 239 g/mol. The van der Waals surface area contributed by atoms with Gasteiger partial charge in [-0.05, 0) is 13.3 Å². The number of hydrogen-bond donors (Lipinski definition) is 1. The molecule has 1 aromatic rings. The molecule has 0 bridgehead atoms. The lowest BCUT2D eigenvalue weighted by molar-refractivity contribution is 0.157. The Morgan fingerprint density at radius 2 is 2.00 bits per heavy atom. The van der Waals surface area contributed by atoms with Gasteiger partial charge in [-0.15, -0.1) is 0 Å². The van der Waals surface area contributed by atoms with E-state index in [4.69, 9.17) is 0 Å². The highest BCUT2D eigenvalue weighted by molar-refractivity contribution is 4.87. The predicted octanol–water partition coefficient (Wildman–Crippen LogP) is 2.56. The highest BCUT2D eigenvalue weighted by Gasteiger charge is 2.10. The van der Waals surface area contributed by atoms with Gasteiger partial charge in [0, 0.05) is 13.0 Å². The van der Waals surface area contributed by atoms with Crippen LogP contribution in [0.4, 0.5) is 0 Å². The van der Waals surface area contributed by atoms with Crippen LogP contribution in [-0.4, -0.2) is 26.0 Å². The molecule has 1 rings (SSSR count). The second-order valence-corrected chi connectivity index (χ2v) is 4.55. The summed E-state index contributed by atoms with van der Waals surface area (Å²) in [5, 5.41) is 14.0. The number of aliphatic hydroxyl groups is 1. The van der Waals surface area contributed by atoms with Crippen LogP contribution in [0.3, 0.4) is 0 Å². The van der Waals surface area contributed by atoms with Crippen molar-refractivity contribution in [2.75, 3.05) is 0 Å². The summed E-state index contributed by atoms with van der Waals surface area (Å²) >= 11 is 0. The SMILES string of the molecule is CCCCCCCC(O)Cc1ncnn1CC. The minimum atomic E-state index is -0.272. The van der Waals surface area contributed by atoms with E-state index in [1.165, 1.54) is 25.7 Å². The Morgan fingerprint density at radius 1 is 1.24 bits per heavy atom. The smallest absolute Gasteiger partial charge is 0.138 e.